The molecule has 0 aliphatic rings. The number of carbonyl (C=O) groups is 1. The molecule has 3 aromatic carbocycles. The second-order valence-corrected chi connectivity index (χ2v) is 12.9. The molecule has 0 fully saturated rings. The van der Waals surface area contributed by atoms with Gasteiger partial charge in [0, 0.05) is 0 Å². The summed E-state index contributed by atoms with van der Waals surface area (Å²) in [7, 11) is 0. The first kappa shape index (κ1) is 21.5. The van der Waals surface area contributed by atoms with Crippen molar-refractivity contribution in [3.05, 3.63) is 91.0 Å². The van der Waals surface area contributed by atoms with Crippen LogP contribution < -0.4 is 15.9 Å². The number of benzene rings is 3. The Morgan fingerprint density at radius 1 is 0.759 bits per heavy atom. The molecule has 0 aliphatic heterocycles. The molecule has 0 spiro atoms. The van der Waals surface area contributed by atoms with E-state index in [0.717, 1.165) is 15.9 Å². The molecule has 0 N–H and O–H groups in total. The number of hydrogen-bond donors (Lipinski definition) is 0. The van der Waals surface area contributed by atoms with E-state index in [-0.39, 0.29) is 6.61 Å². The molecule has 0 radical (unpaired) electrons. The number of halogens is 1. The van der Waals surface area contributed by atoms with E-state index in [9.17, 15) is 4.79 Å². The van der Waals surface area contributed by atoms with Gasteiger partial charge in [0.05, 0.1) is 0 Å². The van der Waals surface area contributed by atoms with Crippen LogP contribution in [-0.2, 0) is 14.3 Å². The van der Waals surface area contributed by atoms with Gasteiger partial charge in [-0.2, -0.15) is 0 Å². The van der Waals surface area contributed by atoms with Crippen molar-refractivity contribution in [3.8, 4) is 0 Å². The summed E-state index contributed by atoms with van der Waals surface area (Å²) in [4.78, 5) is 13.3. The summed E-state index contributed by atoms with van der Waals surface area (Å²) in [5.74, 6) is -5.34. The van der Waals surface area contributed by atoms with E-state index in [0.29, 0.717) is 6.61 Å². The number of rotatable bonds is 8. The monoisotopic (exact) mass is 428 g/mol. The Balaban J connectivity index is 2.49. The molecule has 0 amide bonds. The molecule has 1 unspecified atom stereocenters. The van der Waals surface area contributed by atoms with Gasteiger partial charge in [-0.15, -0.1) is 0 Å². The summed E-state index contributed by atoms with van der Waals surface area (Å²) in [6.45, 7) is 4.24. The Morgan fingerprint density at radius 3 is 1.45 bits per heavy atom. The van der Waals surface area contributed by atoms with E-state index in [1.165, 1.54) is 0 Å². The van der Waals surface area contributed by atoms with E-state index >= 15 is 0 Å². The Morgan fingerprint density at radius 2 is 1.14 bits per heavy atom. The first-order valence-corrected chi connectivity index (χ1v) is 13.0. The van der Waals surface area contributed by atoms with Gasteiger partial charge >= 0.3 is 177 Å². The average Bonchev–Trinajstić information content (AvgIpc) is 2.79. The van der Waals surface area contributed by atoms with Crippen LogP contribution in [0.1, 0.15) is 13.8 Å². The fourth-order valence-corrected chi connectivity index (χ4v) is 10.1. The van der Waals surface area contributed by atoms with E-state index in [4.69, 9.17) is 20.7 Å². The van der Waals surface area contributed by atoms with Crippen molar-refractivity contribution in [1.29, 1.82) is 0 Å². The zero-order valence-corrected chi connectivity index (χ0v) is 18.4. The minimum absolute atomic E-state index is 0.254. The normalized spacial score (nSPS) is 13.8. The number of ether oxygens (including phenoxy) is 2. The Hall–Kier alpha value is -2.19. The maximum absolute atomic E-state index is 13.3. The molecule has 3 rings (SSSR count). The Labute approximate surface area is 177 Å². The summed E-state index contributed by atoms with van der Waals surface area (Å²) in [6, 6.07) is 29.4. The van der Waals surface area contributed by atoms with Crippen molar-refractivity contribution < 1.29 is 14.3 Å². The minimum atomic E-state index is -3.92. The zero-order valence-electron chi connectivity index (χ0n) is 16.7. The standard InChI is InChI=1S/C24H26ClO3P/c1-3-27-23(26)24(28-4-2)29(25,20-14-8-5-9-15-20,21-16-10-6-11-17-21)22-18-12-7-13-19-22/h5-19,24H,3-4H2,1-2H3. The van der Waals surface area contributed by atoms with E-state index < -0.39 is 17.8 Å². The van der Waals surface area contributed by atoms with Crippen LogP contribution in [0.5, 0.6) is 0 Å². The summed E-state index contributed by atoms with van der Waals surface area (Å²) in [5, 5.41) is 2.59. The molecule has 5 heteroatoms. The Kier molecular flexibility index (Phi) is 6.74. The topological polar surface area (TPSA) is 35.5 Å². The first-order valence-electron chi connectivity index (χ1n) is 9.75. The molecule has 3 aromatic rings. The van der Waals surface area contributed by atoms with Crippen molar-refractivity contribution >= 4 is 39.1 Å². The van der Waals surface area contributed by atoms with Gasteiger partial charge in [-0.1, -0.05) is 0 Å². The van der Waals surface area contributed by atoms with Crippen LogP contribution >= 0.6 is 17.2 Å². The molecule has 0 aliphatic carbocycles. The molecule has 3 nitrogen and oxygen atoms in total. The number of esters is 1. The van der Waals surface area contributed by atoms with Gasteiger partial charge in [-0.25, -0.2) is 0 Å². The van der Waals surface area contributed by atoms with Crippen molar-refractivity contribution in [3.63, 3.8) is 0 Å². The van der Waals surface area contributed by atoms with Crippen LogP contribution in [0.15, 0.2) is 91.0 Å². The van der Waals surface area contributed by atoms with Gasteiger partial charge in [0.15, 0.2) is 0 Å². The molecule has 152 valence electrons. The third kappa shape index (κ3) is 3.59. The van der Waals surface area contributed by atoms with Crippen molar-refractivity contribution in [1.82, 2.24) is 0 Å². The molecule has 0 bridgehead atoms. The van der Waals surface area contributed by atoms with Crippen molar-refractivity contribution in [2.75, 3.05) is 13.2 Å². The average molecular weight is 429 g/mol. The van der Waals surface area contributed by atoms with Crippen LogP contribution in [0.25, 0.3) is 0 Å². The summed E-state index contributed by atoms with van der Waals surface area (Å²) in [6.07, 6.45) is 0. The molecule has 0 aromatic heterocycles. The zero-order chi connectivity index (χ0) is 20.8. The quantitative estimate of drug-likeness (QED) is 0.388. The third-order valence-corrected chi connectivity index (χ3v) is 12.5. The first-order chi connectivity index (χ1) is 14.1. The third-order valence-electron chi connectivity index (χ3n) is 5.04. The predicted molar refractivity (Wildman–Crippen MR) is 123 cm³/mol. The van der Waals surface area contributed by atoms with Gasteiger partial charge in [-0.05, 0) is 0 Å². The van der Waals surface area contributed by atoms with Gasteiger partial charge in [0.2, 0.25) is 0 Å². The van der Waals surface area contributed by atoms with Crippen LogP contribution in [0.3, 0.4) is 0 Å². The predicted octanol–water partition coefficient (Wildman–Crippen LogP) is 4.60. The summed E-state index contributed by atoms with van der Waals surface area (Å²) >= 11 is 7.95. The Bertz CT molecular complexity index is 833. The van der Waals surface area contributed by atoms with E-state index in [1.54, 1.807) is 6.92 Å². The molecule has 0 saturated heterocycles. The van der Waals surface area contributed by atoms with E-state index in [2.05, 4.69) is 0 Å². The van der Waals surface area contributed by atoms with Crippen molar-refractivity contribution in [2.24, 2.45) is 0 Å². The van der Waals surface area contributed by atoms with Gasteiger partial charge in [0.1, 0.15) is 0 Å². The molecule has 1 atom stereocenters. The van der Waals surface area contributed by atoms with Gasteiger partial charge in [0.25, 0.3) is 0 Å². The fourth-order valence-electron chi connectivity index (χ4n) is 3.79. The van der Waals surface area contributed by atoms with Crippen molar-refractivity contribution in [2.45, 2.75) is 19.7 Å². The fraction of sp³-hybridized carbons (Fsp3) is 0.208. The maximum atomic E-state index is 13.3. The number of hydrogen-bond acceptors (Lipinski definition) is 3. The molecule has 29 heavy (non-hydrogen) atoms. The van der Waals surface area contributed by atoms with Gasteiger partial charge in [-0.3, -0.25) is 0 Å². The SMILES string of the molecule is CCOC(=O)C(OCC)P(Cl)(c1ccccc1)(c1ccccc1)c1ccccc1. The second-order valence-electron chi connectivity index (χ2n) is 6.64. The van der Waals surface area contributed by atoms with Crippen LogP contribution in [0.2, 0.25) is 0 Å². The molecule has 0 heterocycles. The van der Waals surface area contributed by atoms with Gasteiger partial charge < -0.3 is 0 Å². The molecular weight excluding hydrogens is 403 g/mol. The van der Waals surface area contributed by atoms with Crippen LogP contribution in [0.4, 0.5) is 0 Å². The van der Waals surface area contributed by atoms with Crippen LogP contribution in [-0.4, -0.2) is 25.0 Å². The summed E-state index contributed by atoms with van der Waals surface area (Å²) < 4.78 is 11.6. The number of carbonyl (C=O) groups excluding carboxylic acids is 1. The summed E-state index contributed by atoms with van der Waals surface area (Å²) in [5.41, 5.74) is 0. The second kappa shape index (κ2) is 9.09. The molecule has 0 saturated carbocycles. The molecular formula is C24H26ClO3P. The van der Waals surface area contributed by atoms with E-state index in [1.807, 2.05) is 97.9 Å². The van der Waals surface area contributed by atoms with Crippen LogP contribution in [0, 0.1) is 0 Å².